The highest BCUT2D eigenvalue weighted by Crippen LogP contribution is 2.40. The number of hydrogen-bond donors (Lipinski definition) is 0. The number of halogens is 21. The molecule has 0 atom stereocenters. The van der Waals surface area contributed by atoms with Crippen LogP contribution in [0.5, 0.6) is 40.2 Å². The molecule has 0 bridgehead atoms. The number of carbonyl (C=O) groups excluding carboxylic acids is 10. The van der Waals surface area contributed by atoms with E-state index in [-0.39, 0.29) is 62.1 Å². The zero-order valence-electron chi connectivity index (χ0n) is 61.9. The minimum atomic E-state index is -4.78. The van der Waals surface area contributed by atoms with E-state index in [4.69, 9.17) is 47.4 Å². The van der Waals surface area contributed by atoms with Gasteiger partial charge in [-0.2, -0.15) is 0 Å². The lowest BCUT2D eigenvalue weighted by molar-refractivity contribution is 0.0503. The van der Waals surface area contributed by atoms with Crippen LogP contribution in [-0.4, -0.2) is 136 Å². The molecule has 0 aromatic heterocycles. The first-order chi connectivity index (χ1) is 60.0. The number of esters is 10. The zero-order chi connectivity index (χ0) is 96.1. The minimum Gasteiger partial charge on any atom is -0.748 e. The molecule has 129 heavy (non-hydrogen) atoms. The Hall–Kier alpha value is 1.96. The molecule has 680 valence electrons. The van der Waals surface area contributed by atoms with Gasteiger partial charge in [-0.05, 0) is 584 Å². The quantitative estimate of drug-likeness (QED) is 0.0121. The van der Waals surface area contributed by atoms with E-state index in [1.54, 1.807) is 42.5 Å². The summed E-state index contributed by atoms with van der Waals surface area (Å²) in [6, 6.07) is 33.9. The summed E-state index contributed by atoms with van der Waals surface area (Å²) in [6.07, 6.45) is 0. The molecule has 29 nitrogen and oxygen atoms in total. The van der Waals surface area contributed by atoms with Crippen molar-refractivity contribution in [3.8, 4) is 40.2 Å². The summed E-state index contributed by atoms with van der Waals surface area (Å²) in [5, 5.41) is 0. The van der Waals surface area contributed by atoms with Gasteiger partial charge in [-0.3, -0.25) is 0 Å². The predicted molar refractivity (Wildman–Crippen MR) is 641 cm³/mol. The largest absolute Gasteiger partial charge is 0.748 e. The summed E-state index contributed by atoms with van der Waals surface area (Å²) in [6.45, 7) is -2.22. The van der Waals surface area contributed by atoms with E-state index < -0.39 is 144 Å². The third-order valence-corrected chi connectivity index (χ3v) is 42.8. The highest BCUT2D eigenvalue weighted by molar-refractivity contribution is 14.1. The number of ether oxygens (including phenoxy) is 10. The first-order valence-corrected chi connectivity index (χ1v) is 60.8. The van der Waals surface area contributed by atoms with Gasteiger partial charge in [-0.1, -0.05) is 0 Å². The summed E-state index contributed by atoms with van der Waals surface area (Å²) in [5.41, 5.74) is 0.617. The monoisotopic (exact) mass is 4170 g/mol. The van der Waals surface area contributed by atoms with Crippen molar-refractivity contribution in [2.75, 3.05) is 37.1 Å². The molecule has 0 unspecified atom stereocenters. The third kappa shape index (κ3) is 35.8. The van der Waals surface area contributed by atoms with E-state index in [1.165, 1.54) is 36.4 Å². The fourth-order valence-corrected chi connectivity index (χ4v) is 27.1. The molecular formula is C76H34I21O29S3-3. The van der Waals surface area contributed by atoms with Crippen molar-refractivity contribution in [3.05, 3.63) is 264 Å². The second-order valence-corrected chi connectivity index (χ2v) is 53.3. The van der Waals surface area contributed by atoms with Gasteiger partial charge in [0.25, 0.3) is 0 Å². The van der Waals surface area contributed by atoms with E-state index in [0.717, 1.165) is 55.0 Å². The van der Waals surface area contributed by atoms with Crippen molar-refractivity contribution in [2.24, 2.45) is 0 Å². The lowest BCUT2D eigenvalue weighted by Crippen LogP contribution is -2.20. The average molecular weight is 4170 g/mol. The van der Waals surface area contributed by atoms with Crippen LogP contribution in [0.15, 0.2) is 133 Å². The Morgan fingerprint density at radius 1 is 0.225 bits per heavy atom. The maximum Gasteiger partial charge on any atom is 0.345 e. The summed E-state index contributed by atoms with van der Waals surface area (Å²) in [7, 11) is -14.0. The fraction of sp³-hybridized carbons (Fsp3) is 0.0789. The molecule has 0 radical (unpaired) electrons. The van der Waals surface area contributed by atoms with Gasteiger partial charge in [0.2, 0.25) is 0 Å². The summed E-state index contributed by atoms with van der Waals surface area (Å²) >= 11 is 43.0. The molecule has 0 N–H and O–H groups in total. The molecule has 10 aromatic carbocycles. The molecular weight excluding hydrogens is 4140 g/mol. The molecule has 0 saturated carbocycles. The molecule has 0 heterocycles. The van der Waals surface area contributed by atoms with Crippen LogP contribution in [0.25, 0.3) is 0 Å². The molecule has 10 rings (SSSR count). The van der Waals surface area contributed by atoms with Crippen molar-refractivity contribution in [1.82, 2.24) is 0 Å². The van der Waals surface area contributed by atoms with Gasteiger partial charge in [0.1, 0.15) is 59.7 Å². The third-order valence-electron chi connectivity index (χ3n) is 15.2. The van der Waals surface area contributed by atoms with Crippen LogP contribution in [0.1, 0.15) is 104 Å². The van der Waals surface area contributed by atoms with Gasteiger partial charge < -0.3 is 61.0 Å². The summed E-state index contributed by atoms with van der Waals surface area (Å²) in [4.78, 5) is 132. The number of benzene rings is 10. The Bertz CT molecular complexity index is 6460. The summed E-state index contributed by atoms with van der Waals surface area (Å²) in [5.74, 6) is -13.6. The van der Waals surface area contributed by atoms with Gasteiger partial charge in [0, 0.05) is 99.2 Å². The molecule has 0 aliphatic heterocycles. The van der Waals surface area contributed by atoms with Gasteiger partial charge in [0.15, 0.2) is 11.5 Å². The zero-order valence-corrected chi connectivity index (χ0v) is 110. The fourth-order valence-electron chi connectivity index (χ4n) is 9.60. The smallest absolute Gasteiger partial charge is 0.345 e. The Morgan fingerprint density at radius 3 is 0.705 bits per heavy atom. The van der Waals surface area contributed by atoms with Crippen LogP contribution in [-0.2, 0) is 44.6 Å². The molecule has 0 spiro atoms. The first-order valence-electron chi connectivity index (χ1n) is 33.4. The minimum absolute atomic E-state index is 0.0157. The first kappa shape index (κ1) is 116. The molecule has 10 aromatic rings. The van der Waals surface area contributed by atoms with Crippen LogP contribution in [0, 0.1) is 75.0 Å². The van der Waals surface area contributed by atoms with Gasteiger partial charge in [0.05, 0.1) is 92.1 Å². The standard InChI is InChI=1S/C30H13I9O11S.2C23H12I6O9S/c31-11-3-15(24(37)18(34)6-11)27(40)48-14-9-21(49-28(41)16-4-12(32)7-19(35)25(16)38)23(30(43)47-1-2-51(44,45)46)22(10-14)50-29(42)17-5-13(33)8-20(36)26(17)39;24-11-5-15(19(28)17(26)7-11)22(31)37-13-3-10(21(30)36-1-2-39(33,34)35)4-14(9-13)38-23(32)16-6-12(25)8-18(27)20(16)29;24-10-5-14(19(28)16(26)7-10)22(31)37-12-1-2-13(21(30)36-3-4-39(33,34)35)18(9-12)38-23(32)15-6-11(25)8-17(27)20(15)29/h3-10H,1-2H2,(H,44,45,46);3-9H,1-2H2,(H,33,34,35);1-2,5-9H,3-4H2,(H,33,34,35)/p-3. The van der Waals surface area contributed by atoms with Crippen LogP contribution < -0.4 is 33.2 Å². The number of rotatable bonds is 26. The molecule has 0 fully saturated rings. The van der Waals surface area contributed by atoms with Gasteiger partial charge in [-0.25, -0.2) is 73.2 Å². The summed E-state index contributed by atoms with van der Waals surface area (Å²) < 4.78 is 169. The molecule has 0 aliphatic carbocycles. The van der Waals surface area contributed by atoms with E-state index >= 15 is 0 Å². The Kier molecular flexibility index (Phi) is 47.7. The Morgan fingerprint density at radius 2 is 0.442 bits per heavy atom. The number of hydrogen-bond acceptors (Lipinski definition) is 29. The van der Waals surface area contributed by atoms with Crippen LogP contribution in [0.4, 0.5) is 0 Å². The van der Waals surface area contributed by atoms with E-state index in [9.17, 15) is 86.9 Å². The van der Waals surface area contributed by atoms with Crippen molar-refractivity contribution in [2.45, 2.75) is 0 Å². The Balaban J connectivity index is 0.000000242. The second-order valence-electron chi connectivity index (χ2n) is 24.3. The van der Waals surface area contributed by atoms with Crippen molar-refractivity contribution < 1.29 is 134 Å². The molecule has 0 saturated heterocycles. The maximum absolute atomic E-state index is 13.7. The highest BCUT2D eigenvalue weighted by atomic mass is 127. The van der Waals surface area contributed by atoms with E-state index in [0.29, 0.717) is 48.8 Å². The average Bonchev–Trinajstić information content (AvgIpc) is 0.773. The molecule has 0 aliphatic rings. The number of carbonyl (C=O) groups is 10. The molecule has 0 amide bonds. The topological polar surface area (TPSA) is 435 Å². The van der Waals surface area contributed by atoms with Crippen LogP contribution in [0.2, 0.25) is 0 Å². The van der Waals surface area contributed by atoms with Crippen molar-refractivity contribution in [3.63, 3.8) is 0 Å². The van der Waals surface area contributed by atoms with Crippen molar-refractivity contribution >= 4 is 564 Å². The lowest BCUT2D eigenvalue weighted by Gasteiger charge is -2.18. The van der Waals surface area contributed by atoms with E-state index in [1.807, 2.05) is 246 Å². The second kappa shape index (κ2) is 53.0. The van der Waals surface area contributed by atoms with Gasteiger partial charge >= 0.3 is 59.7 Å². The maximum atomic E-state index is 13.7. The SMILES string of the molecule is O=C(OCCS(=O)(=O)[O-])c1cc(OC(=O)c2cc(I)cc(I)c2I)cc(OC(=O)c2cc(I)cc(I)c2I)c1.O=C(OCCS(=O)(=O)[O-])c1ccc(OC(=O)c2cc(I)cc(I)c2I)cc1OC(=O)c1cc(I)cc(I)c1I.O=C(Oc1cc(OC(=O)c2cc(I)cc(I)c2I)c(C(=O)OCCS(=O)(=O)[O-])c(OC(=O)c2cc(I)cc(I)c2I)c1)c1cc(I)cc(I)c1I. The normalized spacial score (nSPS) is 11.2. The van der Waals surface area contributed by atoms with Gasteiger partial charge in [-0.15, -0.1) is 0 Å². The predicted octanol–water partition coefficient (Wildman–Crippen LogP) is 22.4. The van der Waals surface area contributed by atoms with Crippen LogP contribution in [0.3, 0.4) is 0 Å². The Labute approximate surface area is 1020 Å². The highest BCUT2D eigenvalue weighted by Gasteiger charge is 2.32. The van der Waals surface area contributed by atoms with Crippen LogP contribution >= 0.6 is 474 Å². The van der Waals surface area contributed by atoms with E-state index in [2.05, 4.69) is 271 Å². The molecule has 53 heteroatoms. The van der Waals surface area contributed by atoms with Crippen molar-refractivity contribution in [1.29, 1.82) is 0 Å². The lowest BCUT2D eigenvalue weighted by atomic mass is 10.1.